The predicted octanol–water partition coefficient (Wildman–Crippen LogP) is 5.85. The Morgan fingerprint density at radius 3 is 2.73 bits per heavy atom. The van der Waals surface area contributed by atoms with Gasteiger partial charge in [0.15, 0.2) is 0 Å². The molecule has 0 N–H and O–H groups in total. The molecule has 0 fully saturated rings. The van der Waals surface area contributed by atoms with E-state index in [1.165, 1.54) is 34.2 Å². The average molecular weight is 348 g/mol. The highest BCUT2D eigenvalue weighted by molar-refractivity contribution is 5.86. The number of rotatable bonds is 7. The summed E-state index contributed by atoms with van der Waals surface area (Å²) in [5.74, 6) is 0.341. The Hall–Kier alpha value is -2.35. The second kappa shape index (κ2) is 8.35. The van der Waals surface area contributed by atoms with E-state index in [9.17, 15) is 4.79 Å². The summed E-state index contributed by atoms with van der Waals surface area (Å²) in [6, 6.07) is 15.8. The standard InChI is InChI=1S/C24H28O2/c1-4-19-16-20-13-12-18(9-7-8-14-26-24(25)17(2)3)15-23(20)22-11-6-5-10-21(19)22/h5-6,10-13,15,19H,2,4,7-9,14,16H2,1,3H3. The van der Waals surface area contributed by atoms with E-state index in [0.29, 0.717) is 18.1 Å². The molecule has 0 saturated carbocycles. The molecular formula is C24H28O2. The lowest BCUT2D eigenvalue weighted by Crippen LogP contribution is -2.11. The number of fused-ring (bicyclic) bond motifs is 3. The van der Waals surface area contributed by atoms with Crippen molar-refractivity contribution >= 4 is 5.97 Å². The van der Waals surface area contributed by atoms with Crippen LogP contribution in [0, 0.1) is 0 Å². The third kappa shape index (κ3) is 4.07. The minimum atomic E-state index is -0.291. The first-order valence-electron chi connectivity index (χ1n) is 9.64. The van der Waals surface area contributed by atoms with Crippen LogP contribution in [0.25, 0.3) is 11.1 Å². The topological polar surface area (TPSA) is 26.3 Å². The highest BCUT2D eigenvalue weighted by Crippen LogP contribution is 2.41. The Kier molecular flexibility index (Phi) is 5.92. The minimum Gasteiger partial charge on any atom is -0.462 e. The van der Waals surface area contributed by atoms with Crippen LogP contribution >= 0.6 is 0 Å². The van der Waals surface area contributed by atoms with E-state index in [-0.39, 0.29) is 5.97 Å². The van der Waals surface area contributed by atoms with Crippen LogP contribution in [0.2, 0.25) is 0 Å². The summed E-state index contributed by atoms with van der Waals surface area (Å²) in [5.41, 5.74) is 7.58. The maximum atomic E-state index is 11.4. The van der Waals surface area contributed by atoms with Crippen LogP contribution in [0.4, 0.5) is 0 Å². The van der Waals surface area contributed by atoms with Gasteiger partial charge in [-0.15, -0.1) is 0 Å². The van der Waals surface area contributed by atoms with Gasteiger partial charge in [0.1, 0.15) is 0 Å². The van der Waals surface area contributed by atoms with Crippen LogP contribution < -0.4 is 0 Å². The monoisotopic (exact) mass is 348 g/mol. The zero-order valence-electron chi connectivity index (χ0n) is 15.9. The lowest BCUT2D eigenvalue weighted by molar-refractivity contribution is -0.139. The van der Waals surface area contributed by atoms with Crippen molar-refractivity contribution in [3.63, 3.8) is 0 Å². The lowest BCUT2D eigenvalue weighted by atomic mass is 9.77. The van der Waals surface area contributed by atoms with Gasteiger partial charge >= 0.3 is 5.97 Å². The Morgan fingerprint density at radius 1 is 1.15 bits per heavy atom. The van der Waals surface area contributed by atoms with Gasteiger partial charge in [-0.25, -0.2) is 4.79 Å². The number of benzene rings is 2. The Balaban J connectivity index is 1.65. The normalized spacial score (nSPS) is 15.1. The van der Waals surface area contributed by atoms with E-state index in [1.807, 2.05) is 0 Å². The van der Waals surface area contributed by atoms with E-state index < -0.39 is 0 Å². The van der Waals surface area contributed by atoms with Gasteiger partial charge < -0.3 is 4.74 Å². The molecular weight excluding hydrogens is 320 g/mol. The molecule has 136 valence electrons. The molecule has 1 aliphatic rings. The van der Waals surface area contributed by atoms with Crippen molar-refractivity contribution in [2.24, 2.45) is 0 Å². The van der Waals surface area contributed by atoms with Gasteiger partial charge in [0.25, 0.3) is 0 Å². The largest absolute Gasteiger partial charge is 0.462 e. The van der Waals surface area contributed by atoms with E-state index >= 15 is 0 Å². The fraction of sp³-hybridized carbons (Fsp3) is 0.375. The third-order valence-corrected chi connectivity index (χ3v) is 5.27. The number of hydrogen-bond acceptors (Lipinski definition) is 2. The van der Waals surface area contributed by atoms with E-state index in [0.717, 1.165) is 25.7 Å². The molecule has 26 heavy (non-hydrogen) atoms. The molecule has 0 saturated heterocycles. The number of ether oxygens (including phenoxy) is 1. The van der Waals surface area contributed by atoms with Crippen molar-refractivity contribution in [3.8, 4) is 11.1 Å². The van der Waals surface area contributed by atoms with E-state index in [4.69, 9.17) is 4.74 Å². The van der Waals surface area contributed by atoms with Crippen molar-refractivity contribution in [2.75, 3.05) is 6.61 Å². The van der Waals surface area contributed by atoms with Gasteiger partial charge in [-0.3, -0.25) is 0 Å². The molecule has 0 bridgehead atoms. The van der Waals surface area contributed by atoms with Crippen LogP contribution in [0.1, 0.15) is 55.7 Å². The van der Waals surface area contributed by atoms with Gasteiger partial charge in [0.05, 0.1) is 6.61 Å². The molecule has 0 heterocycles. The van der Waals surface area contributed by atoms with Gasteiger partial charge in [0.2, 0.25) is 0 Å². The third-order valence-electron chi connectivity index (χ3n) is 5.27. The Morgan fingerprint density at radius 2 is 1.96 bits per heavy atom. The number of hydrogen-bond donors (Lipinski definition) is 0. The van der Waals surface area contributed by atoms with Gasteiger partial charge in [0, 0.05) is 5.57 Å². The highest BCUT2D eigenvalue weighted by atomic mass is 16.5. The minimum absolute atomic E-state index is 0.291. The Bertz CT molecular complexity index is 804. The second-order valence-electron chi connectivity index (χ2n) is 7.26. The first kappa shape index (κ1) is 18.4. The molecule has 1 atom stereocenters. The van der Waals surface area contributed by atoms with Crippen molar-refractivity contribution in [1.82, 2.24) is 0 Å². The smallest absolute Gasteiger partial charge is 0.333 e. The maximum Gasteiger partial charge on any atom is 0.333 e. The summed E-state index contributed by atoms with van der Waals surface area (Å²) in [7, 11) is 0. The van der Waals surface area contributed by atoms with Crippen LogP contribution in [0.15, 0.2) is 54.6 Å². The van der Waals surface area contributed by atoms with Gasteiger partial charge in [-0.05, 0) is 72.8 Å². The van der Waals surface area contributed by atoms with Crippen molar-refractivity contribution in [2.45, 2.75) is 51.9 Å². The first-order chi connectivity index (χ1) is 12.6. The molecule has 0 spiro atoms. The van der Waals surface area contributed by atoms with Crippen LogP contribution in [-0.2, 0) is 22.4 Å². The fourth-order valence-corrected chi connectivity index (χ4v) is 3.77. The number of carbonyl (C=O) groups excluding carboxylic acids is 1. The second-order valence-corrected chi connectivity index (χ2v) is 7.26. The molecule has 2 nitrogen and oxygen atoms in total. The summed E-state index contributed by atoms with van der Waals surface area (Å²) in [6.07, 6.45) is 5.23. The van der Waals surface area contributed by atoms with Crippen molar-refractivity contribution in [3.05, 3.63) is 71.3 Å². The van der Waals surface area contributed by atoms with E-state index in [1.54, 1.807) is 6.92 Å². The van der Waals surface area contributed by atoms with Gasteiger partial charge in [-0.2, -0.15) is 0 Å². The van der Waals surface area contributed by atoms with Crippen LogP contribution in [0.5, 0.6) is 0 Å². The summed E-state index contributed by atoms with van der Waals surface area (Å²) in [6.45, 7) is 8.02. The maximum absolute atomic E-state index is 11.4. The summed E-state index contributed by atoms with van der Waals surface area (Å²) in [4.78, 5) is 11.4. The van der Waals surface area contributed by atoms with E-state index in [2.05, 4.69) is 56.0 Å². The summed E-state index contributed by atoms with van der Waals surface area (Å²) >= 11 is 0. The zero-order valence-corrected chi connectivity index (χ0v) is 15.9. The molecule has 0 aliphatic heterocycles. The number of aryl methyl sites for hydroxylation is 1. The number of unbranched alkanes of at least 4 members (excludes halogenated alkanes) is 1. The first-order valence-corrected chi connectivity index (χ1v) is 9.64. The quantitative estimate of drug-likeness (QED) is 0.357. The molecule has 2 aromatic rings. The highest BCUT2D eigenvalue weighted by Gasteiger charge is 2.23. The fourth-order valence-electron chi connectivity index (χ4n) is 3.77. The number of carbonyl (C=O) groups is 1. The summed E-state index contributed by atoms with van der Waals surface area (Å²) < 4.78 is 5.16. The molecule has 3 rings (SSSR count). The van der Waals surface area contributed by atoms with Crippen LogP contribution in [-0.4, -0.2) is 12.6 Å². The molecule has 2 aromatic carbocycles. The molecule has 0 aromatic heterocycles. The Labute approximate surface area is 156 Å². The molecule has 0 radical (unpaired) electrons. The van der Waals surface area contributed by atoms with Gasteiger partial charge in [-0.1, -0.05) is 56.0 Å². The average Bonchev–Trinajstić information content (AvgIpc) is 2.66. The predicted molar refractivity (Wildman–Crippen MR) is 107 cm³/mol. The molecule has 1 aliphatic carbocycles. The molecule has 1 unspecified atom stereocenters. The molecule has 2 heteroatoms. The summed E-state index contributed by atoms with van der Waals surface area (Å²) in [5, 5.41) is 0. The lowest BCUT2D eigenvalue weighted by Gasteiger charge is -2.27. The zero-order chi connectivity index (χ0) is 18.5. The molecule has 0 amide bonds. The van der Waals surface area contributed by atoms with Crippen LogP contribution in [0.3, 0.4) is 0 Å². The van der Waals surface area contributed by atoms with Crippen molar-refractivity contribution < 1.29 is 9.53 Å². The SMILES string of the molecule is C=C(C)C(=O)OCCCCc1ccc2c(c1)-c1ccccc1C(CC)C2. The van der Waals surface area contributed by atoms with Crippen molar-refractivity contribution in [1.29, 1.82) is 0 Å². The number of esters is 1.